The molecule has 2 aromatic heterocycles. The van der Waals surface area contributed by atoms with Gasteiger partial charge in [0.25, 0.3) is 5.91 Å². The molecule has 0 radical (unpaired) electrons. The summed E-state index contributed by atoms with van der Waals surface area (Å²) in [6.07, 6.45) is 3.79. The van der Waals surface area contributed by atoms with Crippen molar-refractivity contribution in [2.45, 2.75) is 25.9 Å². The number of amides is 1. The van der Waals surface area contributed by atoms with Crippen LogP contribution in [0.5, 0.6) is 0 Å². The molecule has 1 amide bonds. The molecule has 1 aliphatic carbocycles. The third kappa shape index (κ3) is 4.83. The summed E-state index contributed by atoms with van der Waals surface area (Å²) in [6.45, 7) is 1.50. The van der Waals surface area contributed by atoms with Crippen LogP contribution in [0.25, 0.3) is 22.6 Å². The lowest BCUT2D eigenvalue weighted by molar-refractivity contribution is -0.123. The minimum atomic E-state index is -1.09. The van der Waals surface area contributed by atoms with Gasteiger partial charge in [-0.05, 0) is 54.7 Å². The van der Waals surface area contributed by atoms with Gasteiger partial charge in [-0.3, -0.25) is 4.79 Å². The van der Waals surface area contributed by atoms with Gasteiger partial charge >= 0.3 is 5.97 Å². The normalized spacial score (nSPS) is 14.5. The van der Waals surface area contributed by atoms with Gasteiger partial charge in [0, 0.05) is 11.6 Å². The van der Waals surface area contributed by atoms with Crippen LogP contribution >= 0.6 is 23.2 Å². The number of fused-ring (bicyclic) bond motifs is 2. The minimum Gasteiger partial charge on any atom is -0.449 e. The van der Waals surface area contributed by atoms with Gasteiger partial charge in [-0.25, -0.2) is 14.8 Å². The Labute approximate surface area is 217 Å². The van der Waals surface area contributed by atoms with Crippen molar-refractivity contribution in [2.75, 3.05) is 5.32 Å². The molecule has 0 saturated carbocycles. The number of anilines is 1. The summed E-state index contributed by atoms with van der Waals surface area (Å²) in [5.41, 5.74) is 4.88. The van der Waals surface area contributed by atoms with Crippen molar-refractivity contribution in [2.24, 2.45) is 0 Å². The van der Waals surface area contributed by atoms with Crippen molar-refractivity contribution < 1.29 is 14.3 Å². The summed E-state index contributed by atoms with van der Waals surface area (Å²) < 4.78 is 5.63. The van der Waals surface area contributed by atoms with E-state index in [-0.39, 0.29) is 10.8 Å². The fourth-order valence-corrected chi connectivity index (χ4v) is 4.69. The van der Waals surface area contributed by atoms with E-state index in [0.717, 1.165) is 28.8 Å². The van der Waals surface area contributed by atoms with Crippen LogP contribution in [-0.2, 0) is 16.0 Å². The molecule has 0 aliphatic heterocycles. The number of nitrogens with zero attached hydrogens (tertiary/aromatic N) is 2. The quantitative estimate of drug-likeness (QED) is 0.301. The molecule has 1 aliphatic rings. The van der Waals surface area contributed by atoms with E-state index < -0.39 is 18.0 Å². The molecular formula is C28H21Cl2N3O3. The van der Waals surface area contributed by atoms with Crippen molar-refractivity contribution >= 4 is 63.4 Å². The lowest BCUT2D eigenvalue weighted by Crippen LogP contribution is -2.30. The summed E-state index contributed by atoms with van der Waals surface area (Å²) in [6, 6.07) is 18.9. The van der Waals surface area contributed by atoms with Gasteiger partial charge in [0.2, 0.25) is 0 Å². The Kier molecular flexibility index (Phi) is 6.72. The first-order valence-electron chi connectivity index (χ1n) is 11.4. The number of rotatable bonds is 5. The topological polar surface area (TPSA) is 81.2 Å². The Morgan fingerprint density at radius 2 is 1.81 bits per heavy atom. The molecule has 0 fully saturated rings. The molecule has 2 heterocycles. The molecular weight excluding hydrogens is 497 g/mol. The minimum absolute atomic E-state index is 0.139. The van der Waals surface area contributed by atoms with Crippen molar-refractivity contribution in [1.29, 1.82) is 0 Å². The van der Waals surface area contributed by atoms with E-state index in [2.05, 4.69) is 16.4 Å². The average Bonchev–Trinajstić information content (AvgIpc) is 3.26. The van der Waals surface area contributed by atoms with Crippen molar-refractivity contribution in [3.05, 3.63) is 99.3 Å². The zero-order valence-corrected chi connectivity index (χ0v) is 20.8. The Balaban J connectivity index is 1.45. The standard InChI is InChI=1S/C28H21Cl2N3O3/c1-16(27(34)33-26-22(30)14-19(29)15-31-26)36-28(35)24-20-9-5-6-10-23(20)32-25-18(11-12-21(24)25)13-17-7-3-2-4-8-17/h2-10,13-16H,11-12H2,1H3,(H,31,33,34)/b18-13-. The van der Waals surface area contributed by atoms with Gasteiger partial charge in [0.15, 0.2) is 11.9 Å². The Hall–Kier alpha value is -3.74. The molecule has 1 atom stereocenters. The van der Waals surface area contributed by atoms with E-state index in [9.17, 15) is 9.59 Å². The number of pyridine rings is 2. The fourth-order valence-electron chi connectivity index (χ4n) is 4.26. The molecule has 2 aromatic carbocycles. The predicted octanol–water partition coefficient (Wildman–Crippen LogP) is 6.61. The highest BCUT2D eigenvalue weighted by molar-refractivity contribution is 6.36. The monoisotopic (exact) mass is 517 g/mol. The summed E-state index contributed by atoms with van der Waals surface area (Å²) in [7, 11) is 0. The summed E-state index contributed by atoms with van der Waals surface area (Å²) in [4.78, 5) is 35.1. The number of halogens is 2. The van der Waals surface area contributed by atoms with Crippen molar-refractivity contribution in [1.82, 2.24) is 9.97 Å². The van der Waals surface area contributed by atoms with Crippen LogP contribution in [0.1, 0.15) is 40.5 Å². The second-order valence-electron chi connectivity index (χ2n) is 8.43. The molecule has 180 valence electrons. The highest BCUT2D eigenvalue weighted by Crippen LogP contribution is 2.38. The van der Waals surface area contributed by atoms with Gasteiger partial charge in [-0.1, -0.05) is 71.7 Å². The predicted molar refractivity (Wildman–Crippen MR) is 142 cm³/mol. The summed E-state index contributed by atoms with van der Waals surface area (Å²) in [5, 5.41) is 3.80. The molecule has 1 unspecified atom stereocenters. The zero-order chi connectivity index (χ0) is 25.2. The Bertz CT molecular complexity index is 1520. The third-order valence-electron chi connectivity index (χ3n) is 5.99. The van der Waals surface area contributed by atoms with Crippen LogP contribution in [-0.4, -0.2) is 27.9 Å². The second kappa shape index (κ2) is 10.1. The average molecular weight is 518 g/mol. The van der Waals surface area contributed by atoms with E-state index in [1.54, 1.807) is 0 Å². The van der Waals surface area contributed by atoms with Gasteiger partial charge in [-0.15, -0.1) is 0 Å². The van der Waals surface area contributed by atoms with Gasteiger partial charge in [0.1, 0.15) is 0 Å². The van der Waals surface area contributed by atoms with E-state index in [0.29, 0.717) is 27.9 Å². The van der Waals surface area contributed by atoms with Gasteiger partial charge in [-0.2, -0.15) is 0 Å². The second-order valence-corrected chi connectivity index (χ2v) is 9.28. The number of para-hydroxylation sites is 1. The maximum Gasteiger partial charge on any atom is 0.339 e. The lowest BCUT2D eigenvalue weighted by atomic mass is 10.0. The molecule has 6 nitrogen and oxygen atoms in total. The zero-order valence-electron chi connectivity index (χ0n) is 19.3. The molecule has 0 spiro atoms. The van der Waals surface area contributed by atoms with Crippen molar-refractivity contribution in [3.63, 3.8) is 0 Å². The number of carbonyl (C=O) groups excluding carboxylic acids is 2. The third-order valence-corrected chi connectivity index (χ3v) is 6.48. The number of hydrogen-bond donors (Lipinski definition) is 1. The number of hydrogen-bond acceptors (Lipinski definition) is 5. The number of esters is 1. The van der Waals surface area contributed by atoms with Gasteiger partial charge < -0.3 is 10.1 Å². The largest absolute Gasteiger partial charge is 0.449 e. The highest BCUT2D eigenvalue weighted by atomic mass is 35.5. The van der Waals surface area contributed by atoms with Crippen LogP contribution in [0.15, 0.2) is 66.9 Å². The van der Waals surface area contributed by atoms with E-state index in [1.165, 1.54) is 19.2 Å². The Morgan fingerprint density at radius 3 is 2.58 bits per heavy atom. The first-order valence-corrected chi connectivity index (χ1v) is 12.2. The van der Waals surface area contributed by atoms with E-state index >= 15 is 0 Å². The summed E-state index contributed by atoms with van der Waals surface area (Å²) in [5.74, 6) is -0.997. The highest BCUT2D eigenvalue weighted by Gasteiger charge is 2.29. The molecule has 0 saturated heterocycles. The SMILES string of the molecule is CC(OC(=O)c1c2c(nc3ccccc13)/C(=C\c1ccccc1)CC2)C(=O)Nc1ncc(Cl)cc1Cl. The molecule has 0 bridgehead atoms. The maximum atomic E-state index is 13.5. The van der Waals surface area contributed by atoms with Crippen molar-refractivity contribution in [3.8, 4) is 0 Å². The van der Waals surface area contributed by atoms with E-state index in [4.69, 9.17) is 32.9 Å². The lowest BCUT2D eigenvalue weighted by Gasteiger charge is -2.16. The number of allylic oxidation sites excluding steroid dienone is 1. The number of carbonyl (C=O) groups is 2. The summed E-state index contributed by atoms with van der Waals surface area (Å²) >= 11 is 12.0. The molecule has 4 aromatic rings. The van der Waals surface area contributed by atoms with Crippen LogP contribution < -0.4 is 5.32 Å². The van der Waals surface area contributed by atoms with Gasteiger partial charge in [0.05, 0.1) is 26.8 Å². The first kappa shape index (κ1) is 24.0. The molecule has 36 heavy (non-hydrogen) atoms. The smallest absolute Gasteiger partial charge is 0.339 e. The van der Waals surface area contributed by atoms with E-state index in [1.807, 2.05) is 54.6 Å². The van der Waals surface area contributed by atoms with Crippen LogP contribution in [0.3, 0.4) is 0 Å². The van der Waals surface area contributed by atoms with Crippen LogP contribution in [0.4, 0.5) is 5.82 Å². The fraction of sp³-hybridized carbons (Fsp3) is 0.143. The number of ether oxygens (including phenoxy) is 1. The van der Waals surface area contributed by atoms with Crippen LogP contribution in [0.2, 0.25) is 10.0 Å². The maximum absolute atomic E-state index is 13.5. The van der Waals surface area contributed by atoms with Crippen LogP contribution in [0, 0.1) is 0 Å². The molecule has 1 N–H and O–H groups in total. The number of aromatic nitrogens is 2. The first-order chi connectivity index (χ1) is 17.4. The number of nitrogens with one attached hydrogen (secondary N) is 1. The Morgan fingerprint density at radius 1 is 1.06 bits per heavy atom. The molecule has 8 heteroatoms. The number of benzene rings is 2. The molecule has 5 rings (SSSR count).